The number of nitrogens with zero attached hydrogens (tertiary/aromatic N) is 1. The molecule has 1 N–H and O–H groups in total. The van der Waals surface area contributed by atoms with E-state index in [0.717, 1.165) is 4.90 Å². The van der Waals surface area contributed by atoms with Crippen molar-refractivity contribution in [3.05, 3.63) is 0 Å². The van der Waals surface area contributed by atoms with Gasteiger partial charge in [0.2, 0.25) is 5.91 Å². The summed E-state index contributed by atoms with van der Waals surface area (Å²) in [5.41, 5.74) is 0. The van der Waals surface area contributed by atoms with Crippen molar-refractivity contribution in [3.8, 4) is 0 Å². The molecule has 0 atom stereocenters. The molecule has 1 amide bonds. The topological polar surface area (TPSA) is 66.8 Å². The van der Waals surface area contributed by atoms with Crippen molar-refractivity contribution >= 4 is 11.9 Å². The highest BCUT2D eigenvalue weighted by Gasteiger charge is 2.42. The van der Waals surface area contributed by atoms with Gasteiger partial charge in [-0.25, -0.2) is 4.79 Å². The summed E-state index contributed by atoms with van der Waals surface area (Å²) in [6, 6.07) is 0. The predicted molar refractivity (Wildman–Crippen MR) is 40.0 cm³/mol. The van der Waals surface area contributed by atoms with Crippen LogP contribution >= 0.6 is 0 Å². The van der Waals surface area contributed by atoms with Crippen LogP contribution in [0.2, 0.25) is 0 Å². The second-order valence-electron chi connectivity index (χ2n) is 2.88. The molecule has 0 spiro atoms. The zero-order valence-electron chi connectivity index (χ0n) is 7.20. The molecule has 0 saturated carbocycles. The first-order chi connectivity index (χ1) is 6.43. The van der Waals surface area contributed by atoms with E-state index in [4.69, 9.17) is 9.84 Å². The Hall–Kier alpha value is -1.24. The number of carboxylic acid groups (broad SMARTS) is 1. The Balaban J connectivity index is 2.58. The number of hydrogen-bond donors (Lipinski definition) is 1. The first-order valence-electron chi connectivity index (χ1n) is 3.90. The molecule has 7 heteroatoms. The van der Waals surface area contributed by atoms with Gasteiger partial charge in [0.25, 0.3) is 0 Å². The van der Waals surface area contributed by atoms with Crippen molar-refractivity contribution in [1.82, 2.24) is 4.90 Å². The second-order valence-corrected chi connectivity index (χ2v) is 2.88. The summed E-state index contributed by atoms with van der Waals surface area (Å²) in [6.07, 6.45) is 0. The fourth-order valence-corrected chi connectivity index (χ4v) is 1.02. The molecule has 0 aromatic heterocycles. The van der Waals surface area contributed by atoms with Crippen molar-refractivity contribution < 1.29 is 28.2 Å². The summed E-state index contributed by atoms with van der Waals surface area (Å²) in [5.74, 6) is -6.73. The molecule has 0 aromatic rings. The van der Waals surface area contributed by atoms with Crippen LogP contribution in [0, 0.1) is 0 Å². The minimum absolute atomic E-state index is 0.00169. The minimum atomic E-state index is -3.90. The van der Waals surface area contributed by atoms with E-state index in [-0.39, 0.29) is 19.8 Å². The van der Waals surface area contributed by atoms with Crippen LogP contribution in [0.4, 0.5) is 8.78 Å². The fraction of sp³-hybridized carbons (Fsp3) is 0.714. The SMILES string of the molecule is O=C1COCCN1CC(F)(F)C(=O)O. The molecule has 0 unspecified atom stereocenters. The summed E-state index contributed by atoms with van der Waals surface area (Å²) in [7, 11) is 0. The number of hydrogen-bond acceptors (Lipinski definition) is 3. The van der Waals surface area contributed by atoms with E-state index >= 15 is 0 Å². The number of carbonyl (C=O) groups excluding carboxylic acids is 1. The Bertz CT molecular complexity index is 256. The Morgan fingerprint density at radius 3 is 2.79 bits per heavy atom. The van der Waals surface area contributed by atoms with Crippen molar-refractivity contribution in [3.63, 3.8) is 0 Å². The quantitative estimate of drug-likeness (QED) is 0.684. The second kappa shape index (κ2) is 3.87. The van der Waals surface area contributed by atoms with Crippen molar-refractivity contribution in [2.24, 2.45) is 0 Å². The monoisotopic (exact) mass is 209 g/mol. The van der Waals surface area contributed by atoms with Gasteiger partial charge in [0.1, 0.15) is 6.61 Å². The maximum atomic E-state index is 12.7. The van der Waals surface area contributed by atoms with Gasteiger partial charge in [0, 0.05) is 6.54 Å². The van der Waals surface area contributed by atoms with Crippen LogP contribution in [0.1, 0.15) is 0 Å². The van der Waals surface area contributed by atoms with Gasteiger partial charge in [-0.3, -0.25) is 4.79 Å². The summed E-state index contributed by atoms with van der Waals surface area (Å²) < 4.78 is 30.0. The van der Waals surface area contributed by atoms with E-state index in [1.807, 2.05) is 0 Å². The maximum absolute atomic E-state index is 12.7. The van der Waals surface area contributed by atoms with E-state index < -0.39 is 24.3 Å². The summed E-state index contributed by atoms with van der Waals surface area (Å²) in [5, 5.41) is 8.14. The minimum Gasteiger partial charge on any atom is -0.477 e. The molecule has 1 heterocycles. The molecule has 5 nitrogen and oxygen atoms in total. The normalized spacial score (nSPS) is 18.4. The van der Waals surface area contributed by atoms with Crippen LogP contribution in [-0.4, -0.2) is 54.1 Å². The van der Waals surface area contributed by atoms with Crippen molar-refractivity contribution in [1.29, 1.82) is 0 Å². The highest BCUT2D eigenvalue weighted by Crippen LogP contribution is 2.16. The molecule has 1 aliphatic rings. The fourth-order valence-electron chi connectivity index (χ4n) is 1.02. The first kappa shape index (κ1) is 10.8. The number of carbonyl (C=O) groups is 2. The van der Waals surface area contributed by atoms with E-state index in [2.05, 4.69) is 0 Å². The van der Waals surface area contributed by atoms with Crippen molar-refractivity contribution in [2.75, 3.05) is 26.3 Å². The van der Waals surface area contributed by atoms with Crippen LogP contribution in [0.15, 0.2) is 0 Å². The number of aliphatic carboxylic acids is 1. The van der Waals surface area contributed by atoms with Gasteiger partial charge in [-0.1, -0.05) is 0 Å². The molecule has 1 fully saturated rings. The first-order valence-corrected chi connectivity index (χ1v) is 3.90. The molecule has 0 aromatic carbocycles. The number of rotatable bonds is 3. The summed E-state index contributed by atoms with van der Waals surface area (Å²) in [6.45, 7) is -1.20. The van der Waals surface area contributed by atoms with Crippen LogP contribution in [0.25, 0.3) is 0 Å². The maximum Gasteiger partial charge on any atom is 0.376 e. The lowest BCUT2D eigenvalue weighted by atomic mass is 10.3. The van der Waals surface area contributed by atoms with E-state index in [1.54, 1.807) is 0 Å². The summed E-state index contributed by atoms with van der Waals surface area (Å²) in [4.78, 5) is 21.8. The number of carboxylic acids is 1. The smallest absolute Gasteiger partial charge is 0.376 e. The van der Waals surface area contributed by atoms with Crippen LogP contribution < -0.4 is 0 Å². The molecule has 80 valence electrons. The zero-order valence-corrected chi connectivity index (χ0v) is 7.20. The average molecular weight is 209 g/mol. The standard InChI is InChI=1S/C7H9F2NO4/c8-7(9,6(12)13)4-10-1-2-14-3-5(10)11/h1-4H2,(H,12,13). The zero-order chi connectivity index (χ0) is 10.8. The number of ether oxygens (including phenoxy) is 1. The highest BCUT2D eigenvalue weighted by atomic mass is 19.3. The number of halogens is 2. The van der Waals surface area contributed by atoms with Crippen molar-refractivity contribution in [2.45, 2.75) is 5.92 Å². The van der Waals surface area contributed by atoms with E-state index in [0.29, 0.717) is 0 Å². The van der Waals surface area contributed by atoms with E-state index in [9.17, 15) is 18.4 Å². The number of amides is 1. The average Bonchev–Trinajstić information content (AvgIpc) is 2.08. The Morgan fingerprint density at radius 2 is 2.29 bits per heavy atom. The largest absolute Gasteiger partial charge is 0.477 e. The summed E-state index contributed by atoms with van der Waals surface area (Å²) >= 11 is 0. The lowest BCUT2D eigenvalue weighted by Crippen LogP contribution is -2.49. The molecule has 1 saturated heterocycles. The Kier molecular flexibility index (Phi) is 3.00. The molecule has 1 aliphatic heterocycles. The van der Waals surface area contributed by atoms with Crippen LogP contribution in [-0.2, 0) is 14.3 Å². The molecule has 14 heavy (non-hydrogen) atoms. The van der Waals surface area contributed by atoms with Gasteiger partial charge in [-0.15, -0.1) is 0 Å². The third kappa shape index (κ3) is 2.38. The van der Waals surface area contributed by atoms with Gasteiger partial charge >= 0.3 is 11.9 Å². The Morgan fingerprint density at radius 1 is 1.64 bits per heavy atom. The molecular weight excluding hydrogens is 200 g/mol. The third-order valence-electron chi connectivity index (χ3n) is 1.79. The Labute approximate surface area is 78.2 Å². The van der Waals surface area contributed by atoms with Gasteiger partial charge in [0.15, 0.2) is 0 Å². The third-order valence-corrected chi connectivity index (χ3v) is 1.79. The molecule has 1 rings (SSSR count). The lowest BCUT2D eigenvalue weighted by Gasteiger charge is -2.28. The lowest BCUT2D eigenvalue weighted by molar-refractivity contribution is -0.171. The number of morpholine rings is 1. The van der Waals surface area contributed by atoms with E-state index in [1.165, 1.54) is 0 Å². The predicted octanol–water partition coefficient (Wildman–Crippen LogP) is -0.435. The van der Waals surface area contributed by atoms with Gasteiger partial charge in [0.05, 0.1) is 13.2 Å². The van der Waals surface area contributed by atoms with Crippen LogP contribution in [0.5, 0.6) is 0 Å². The molecule has 0 aliphatic carbocycles. The van der Waals surface area contributed by atoms with Gasteiger partial charge in [-0.2, -0.15) is 8.78 Å². The van der Waals surface area contributed by atoms with Crippen LogP contribution in [0.3, 0.4) is 0 Å². The molecular formula is C7H9F2NO4. The highest BCUT2D eigenvalue weighted by molar-refractivity contribution is 5.80. The van der Waals surface area contributed by atoms with Gasteiger partial charge < -0.3 is 14.7 Å². The molecule has 0 radical (unpaired) electrons. The van der Waals surface area contributed by atoms with Gasteiger partial charge in [-0.05, 0) is 0 Å². The molecule has 0 bridgehead atoms. The number of alkyl halides is 2.